The smallest absolute Gasteiger partial charge is 0.326 e. The predicted molar refractivity (Wildman–Crippen MR) is 110 cm³/mol. The third kappa shape index (κ3) is 5.58. The highest BCUT2D eigenvalue weighted by molar-refractivity contribution is 7.92. The molecule has 0 fully saturated rings. The number of aliphatic carboxylic acids is 1. The zero-order valence-electron chi connectivity index (χ0n) is 15.7. The SMILES string of the molecule is CS(=O)(=O)Nc1ccc(CC(=O)NC(Cc2c[nH]c3ccccc23)C(=O)O)cc1. The van der Waals surface area contributed by atoms with E-state index < -0.39 is 27.9 Å². The Morgan fingerprint density at radius 2 is 1.79 bits per heavy atom. The molecule has 29 heavy (non-hydrogen) atoms. The van der Waals surface area contributed by atoms with Crippen LogP contribution in [-0.2, 0) is 32.5 Å². The van der Waals surface area contributed by atoms with Crippen LogP contribution in [0.1, 0.15) is 11.1 Å². The minimum Gasteiger partial charge on any atom is -0.480 e. The van der Waals surface area contributed by atoms with E-state index in [1.807, 2.05) is 24.3 Å². The number of hydrogen-bond acceptors (Lipinski definition) is 4. The number of para-hydroxylation sites is 1. The molecule has 1 aromatic heterocycles. The number of nitrogens with one attached hydrogen (secondary N) is 3. The van der Waals surface area contributed by atoms with Gasteiger partial charge in [0.1, 0.15) is 6.04 Å². The Balaban J connectivity index is 1.64. The highest BCUT2D eigenvalue weighted by Gasteiger charge is 2.22. The molecule has 1 amide bonds. The first-order valence-corrected chi connectivity index (χ1v) is 10.7. The largest absolute Gasteiger partial charge is 0.480 e. The fourth-order valence-corrected chi connectivity index (χ4v) is 3.62. The van der Waals surface area contributed by atoms with E-state index in [-0.39, 0.29) is 12.8 Å². The molecule has 4 N–H and O–H groups in total. The van der Waals surface area contributed by atoms with Gasteiger partial charge in [0.2, 0.25) is 15.9 Å². The minimum absolute atomic E-state index is 0.0170. The molecular formula is C20H21N3O5S. The number of carboxylic acid groups (broad SMARTS) is 1. The van der Waals surface area contributed by atoms with Crippen LogP contribution in [-0.4, -0.2) is 42.7 Å². The van der Waals surface area contributed by atoms with Gasteiger partial charge in [0.25, 0.3) is 0 Å². The number of fused-ring (bicyclic) bond motifs is 1. The summed E-state index contributed by atoms with van der Waals surface area (Å²) < 4.78 is 24.8. The monoisotopic (exact) mass is 415 g/mol. The molecule has 0 bridgehead atoms. The van der Waals surface area contributed by atoms with Crippen molar-refractivity contribution in [2.45, 2.75) is 18.9 Å². The number of rotatable bonds is 8. The van der Waals surface area contributed by atoms with E-state index in [1.54, 1.807) is 30.5 Å². The standard InChI is InChI=1S/C20H21N3O5S/c1-29(27,28)23-15-8-6-13(7-9-15)10-19(24)22-18(20(25)26)11-14-12-21-17-5-3-2-4-16(14)17/h2-9,12,18,21,23H,10-11H2,1H3,(H,22,24)(H,25,26). The van der Waals surface area contributed by atoms with Crippen molar-refractivity contribution in [3.63, 3.8) is 0 Å². The van der Waals surface area contributed by atoms with Crippen molar-refractivity contribution in [2.24, 2.45) is 0 Å². The Kier molecular flexibility index (Phi) is 5.88. The lowest BCUT2D eigenvalue weighted by Gasteiger charge is -2.14. The van der Waals surface area contributed by atoms with E-state index >= 15 is 0 Å². The summed E-state index contributed by atoms with van der Waals surface area (Å²) in [5, 5.41) is 13.0. The summed E-state index contributed by atoms with van der Waals surface area (Å²) in [6, 6.07) is 12.8. The summed E-state index contributed by atoms with van der Waals surface area (Å²) in [6.07, 6.45) is 2.94. The Hall–Kier alpha value is -3.33. The number of aromatic nitrogens is 1. The predicted octanol–water partition coefficient (Wildman–Crippen LogP) is 1.89. The van der Waals surface area contributed by atoms with E-state index in [2.05, 4.69) is 15.0 Å². The van der Waals surface area contributed by atoms with Crippen LogP contribution in [0.15, 0.2) is 54.7 Å². The summed E-state index contributed by atoms with van der Waals surface area (Å²) in [5.74, 6) is -1.54. The van der Waals surface area contributed by atoms with Gasteiger partial charge >= 0.3 is 5.97 Å². The van der Waals surface area contributed by atoms with Crippen molar-refractivity contribution in [1.29, 1.82) is 0 Å². The third-order valence-electron chi connectivity index (χ3n) is 4.35. The fraction of sp³-hybridized carbons (Fsp3) is 0.200. The van der Waals surface area contributed by atoms with Gasteiger partial charge in [-0.1, -0.05) is 30.3 Å². The van der Waals surface area contributed by atoms with Crippen molar-refractivity contribution < 1.29 is 23.1 Å². The maximum absolute atomic E-state index is 12.3. The third-order valence-corrected chi connectivity index (χ3v) is 4.96. The van der Waals surface area contributed by atoms with Crippen molar-refractivity contribution in [3.05, 3.63) is 65.9 Å². The minimum atomic E-state index is -3.38. The van der Waals surface area contributed by atoms with Crippen molar-refractivity contribution in [2.75, 3.05) is 11.0 Å². The van der Waals surface area contributed by atoms with Gasteiger partial charge in [-0.15, -0.1) is 0 Å². The average molecular weight is 415 g/mol. The van der Waals surface area contributed by atoms with Gasteiger partial charge in [0.15, 0.2) is 0 Å². The number of hydrogen-bond donors (Lipinski definition) is 4. The van der Waals surface area contributed by atoms with Gasteiger partial charge in [-0.3, -0.25) is 9.52 Å². The van der Waals surface area contributed by atoms with Crippen LogP contribution in [0.4, 0.5) is 5.69 Å². The van der Waals surface area contributed by atoms with Crippen LogP contribution in [0.5, 0.6) is 0 Å². The number of sulfonamides is 1. The van der Waals surface area contributed by atoms with Crippen molar-refractivity contribution in [1.82, 2.24) is 10.3 Å². The van der Waals surface area contributed by atoms with Crippen LogP contribution in [0.25, 0.3) is 10.9 Å². The second-order valence-corrected chi connectivity index (χ2v) is 8.52. The summed E-state index contributed by atoms with van der Waals surface area (Å²) in [6.45, 7) is 0. The molecule has 0 aliphatic carbocycles. The summed E-state index contributed by atoms with van der Waals surface area (Å²) in [5.41, 5.74) is 2.74. The van der Waals surface area contributed by atoms with Crippen molar-refractivity contribution >= 4 is 38.5 Å². The number of aromatic amines is 1. The molecule has 1 unspecified atom stereocenters. The second kappa shape index (κ2) is 8.36. The van der Waals surface area contributed by atoms with Gasteiger partial charge in [-0.2, -0.15) is 0 Å². The molecule has 2 aromatic carbocycles. The molecule has 0 aliphatic rings. The molecule has 1 heterocycles. The van der Waals surface area contributed by atoms with Gasteiger partial charge in [-0.05, 0) is 29.3 Å². The van der Waals surface area contributed by atoms with Crippen LogP contribution in [0.2, 0.25) is 0 Å². The normalized spacial score (nSPS) is 12.4. The van der Waals surface area contributed by atoms with Gasteiger partial charge in [0.05, 0.1) is 12.7 Å². The fourth-order valence-electron chi connectivity index (χ4n) is 3.06. The van der Waals surface area contributed by atoms with Crippen LogP contribution in [0, 0.1) is 0 Å². The highest BCUT2D eigenvalue weighted by Crippen LogP contribution is 2.19. The van der Waals surface area contributed by atoms with Crippen LogP contribution >= 0.6 is 0 Å². The number of H-pyrrole nitrogens is 1. The van der Waals surface area contributed by atoms with Crippen LogP contribution in [0.3, 0.4) is 0 Å². The van der Waals surface area contributed by atoms with Gasteiger partial charge in [0, 0.05) is 29.2 Å². The van der Waals surface area contributed by atoms with E-state index in [0.29, 0.717) is 11.3 Å². The molecule has 8 nitrogen and oxygen atoms in total. The number of anilines is 1. The Labute approximate surface area is 168 Å². The first-order valence-electron chi connectivity index (χ1n) is 8.85. The van der Waals surface area contributed by atoms with E-state index in [9.17, 15) is 23.1 Å². The maximum atomic E-state index is 12.3. The average Bonchev–Trinajstić information content (AvgIpc) is 3.04. The molecule has 3 aromatic rings. The summed E-state index contributed by atoms with van der Waals surface area (Å²) in [4.78, 5) is 27.1. The topological polar surface area (TPSA) is 128 Å². The highest BCUT2D eigenvalue weighted by atomic mass is 32.2. The number of benzene rings is 2. The molecule has 152 valence electrons. The molecule has 3 rings (SSSR count). The Bertz CT molecular complexity index is 1140. The molecule has 0 aliphatic heterocycles. The Morgan fingerprint density at radius 1 is 1.10 bits per heavy atom. The number of carboxylic acids is 1. The summed E-state index contributed by atoms with van der Waals surface area (Å²) in [7, 11) is -3.38. The van der Waals surface area contributed by atoms with Crippen molar-refractivity contribution in [3.8, 4) is 0 Å². The molecule has 0 radical (unpaired) electrons. The quantitative estimate of drug-likeness (QED) is 0.447. The second-order valence-electron chi connectivity index (χ2n) is 6.77. The number of carbonyl (C=O) groups excluding carboxylic acids is 1. The zero-order valence-corrected chi connectivity index (χ0v) is 16.5. The number of amides is 1. The van der Waals surface area contributed by atoms with E-state index in [1.165, 1.54) is 0 Å². The van der Waals surface area contributed by atoms with Gasteiger partial charge in [-0.25, -0.2) is 13.2 Å². The number of carbonyl (C=O) groups is 2. The van der Waals surface area contributed by atoms with Crippen LogP contribution < -0.4 is 10.0 Å². The maximum Gasteiger partial charge on any atom is 0.326 e. The molecule has 0 saturated heterocycles. The zero-order chi connectivity index (χ0) is 21.0. The summed E-state index contributed by atoms with van der Waals surface area (Å²) >= 11 is 0. The van der Waals surface area contributed by atoms with Gasteiger partial charge < -0.3 is 15.4 Å². The lowest BCUT2D eigenvalue weighted by atomic mass is 10.0. The first kappa shape index (κ1) is 20.4. The molecule has 1 atom stereocenters. The van der Waals surface area contributed by atoms with E-state index in [0.717, 1.165) is 22.7 Å². The van der Waals surface area contributed by atoms with E-state index in [4.69, 9.17) is 0 Å². The molecular weight excluding hydrogens is 394 g/mol. The first-order chi connectivity index (χ1) is 13.7. The molecule has 0 saturated carbocycles. The molecule has 9 heteroatoms. The lowest BCUT2D eigenvalue weighted by Crippen LogP contribution is -2.43. The lowest BCUT2D eigenvalue weighted by molar-refractivity contribution is -0.141. The molecule has 0 spiro atoms. The Morgan fingerprint density at radius 3 is 2.45 bits per heavy atom.